The van der Waals surface area contributed by atoms with Crippen LogP contribution >= 0.6 is 0 Å². The molecule has 2 N–H and O–H groups in total. The Labute approximate surface area is 198 Å². The minimum atomic E-state index is -2.81. The molecule has 1 aromatic carbocycles. The number of aromatic carboxylic acids is 1. The van der Waals surface area contributed by atoms with Crippen molar-refractivity contribution in [2.75, 3.05) is 23.3 Å². The number of aromatic nitrogens is 2. The van der Waals surface area contributed by atoms with Crippen LogP contribution in [0.4, 0.5) is 24.7 Å². The Morgan fingerprint density at radius 3 is 2.60 bits per heavy atom. The van der Waals surface area contributed by atoms with Crippen LogP contribution in [-0.4, -0.2) is 39.5 Å². The summed E-state index contributed by atoms with van der Waals surface area (Å²) in [6, 6.07) is 6.36. The van der Waals surface area contributed by atoms with Gasteiger partial charge in [0.2, 0.25) is 0 Å². The lowest BCUT2D eigenvalue weighted by molar-refractivity contribution is -0.0221. The van der Waals surface area contributed by atoms with Crippen molar-refractivity contribution in [2.45, 2.75) is 38.7 Å². The Hall–Kier alpha value is -4.07. The number of aryl methyl sites for hydroxylation is 1. The molecule has 0 radical (unpaired) electrons. The molecule has 0 unspecified atom stereocenters. The average molecular weight is 485 g/mol. The van der Waals surface area contributed by atoms with Crippen LogP contribution in [0.5, 0.6) is 0 Å². The highest BCUT2D eigenvalue weighted by Crippen LogP contribution is 2.32. The highest BCUT2D eigenvalue weighted by Gasteiger charge is 2.35. The number of carboxylic acids is 1. The molecule has 3 heterocycles. The normalized spacial score (nSPS) is 16.1. The molecule has 0 saturated carbocycles. The summed E-state index contributed by atoms with van der Waals surface area (Å²) in [5, 5.41) is 22.1. The number of carboxylic acid groups (broad SMARTS) is 1. The number of hydrogen-bond donors (Lipinski definition) is 2. The van der Waals surface area contributed by atoms with Crippen LogP contribution in [0.15, 0.2) is 35.3 Å². The Morgan fingerprint density at radius 2 is 1.97 bits per heavy atom. The molecule has 8 nitrogen and oxygen atoms in total. The van der Waals surface area contributed by atoms with Gasteiger partial charge in [0, 0.05) is 43.4 Å². The monoisotopic (exact) mass is 485 g/mol. The quantitative estimate of drug-likeness (QED) is 0.559. The number of hydrogen-bond acceptors (Lipinski definition) is 6. The second kappa shape index (κ2) is 8.94. The molecule has 1 atom stereocenters. The minimum absolute atomic E-state index is 0.0401. The third-order valence-corrected chi connectivity index (χ3v) is 6.03. The second-order valence-electron chi connectivity index (χ2n) is 8.60. The Bertz CT molecular complexity index is 1420. The van der Waals surface area contributed by atoms with Gasteiger partial charge in [0.25, 0.3) is 11.5 Å². The van der Waals surface area contributed by atoms with E-state index in [2.05, 4.69) is 10.3 Å². The van der Waals surface area contributed by atoms with Crippen molar-refractivity contribution in [3.63, 3.8) is 0 Å². The second-order valence-corrected chi connectivity index (χ2v) is 8.60. The van der Waals surface area contributed by atoms with Crippen LogP contribution in [-0.2, 0) is 0 Å². The zero-order chi connectivity index (χ0) is 25.5. The number of piperidine rings is 1. The number of carbonyl (C=O) groups is 1. The van der Waals surface area contributed by atoms with Crippen LogP contribution < -0.4 is 15.8 Å². The molecule has 0 aliphatic carbocycles. The van der Waals surface area contributed by atoms with E-state index in [9.17, 15) is 33.1 Å². The van der Waals surface area contributed by atoms with Gasteiger partial charge in [0.15, 0.2) is 11.4 Å². The van der Waals surface area contributed by atoms with Gasteiger partial charge in [-0.2, -0.15) is 5.26 Å². The molecule has 35 heavy (non-hydrogen) atoms. The van der Waals surface area contributed by atoms with Gasteiger partial charge >= 0.3 is 5.97 Å². The van der Waals surface area contributed by atoms with Crippen molar-refractivity contribution in [1.29, 1.82) is 5.26 Å². The third-order valence-electron chi connectivity index (χ3n) is 6.03. The molecular weight excluding hydrogens is 463 g/mol. The fraction of sp³-hybridized carbons (Fsp3) is 0.333. The van der Waals surface area contributed by atoms with Crippen LogP contribution in [0.3, 0.4) is 0 Å². The van der Waals surface area contributed by atoms with Crippen LogP contribution in [0, 0.1) is 24.1 Å². The number of nitrogens with one attached hydrogen (secondary N) is 1. The van der Waals surface area contributed by atoms with Crippen LogP contribution in [0.1, 0.15) is 52.9 Å². The fourth-order valence-corrected chi connectivity index (χ4v) is 4.22. The maximum atomic E-state index is 13.7. The van der Waals surface area contributed by atoms with Crippen molar-refractivity contribution in [2.24, 2.45) is 0 Å². The van der Waals surface area contributed by atoms with Gasteiger partial charge in [-0.05, 0) is 43.7 Å². The Balaban J connectivity index is 1.83. The molecule has 11 heteroatoms. The number of rotatable bonds is 5. The SMILES string of the molecule is Cc1cc([C@@H](C)Nc2ccc(F)cc2C(=O)O)c2nc(N3CCC(F)(F)CC3)c(C#N)c(=O)n2c1. The van der Waals surface area contributed by atoms with Gasteiger partial charge in [0.05, 0.1) is 11.6 Å². The fourth-order valence-electron chi connectivity index (χ4n) is 4.22. The van der Waals surface area contributed by atoms with Crippen molar-refractivity contribution in [1.82, 2.24) is 9.38 Å². The highest BCUT2D eigenvalue weighted by molar-refractivity contribution is 5.94. The molecule has 1 fully saturated rings. The standard InChI is InChI=1S/C24H22F3N5O3/c1-13-9-16(14(2)29-19-4-3-15(25)10-17(19)23(34)35)21-30-20(18(11-28)22(33)32(21)12-13)31-7-5-24(26,27)6-8-31/h3-4,9-10,12,14,29H,5-8H2,1-2H3,(H,34,35)/t14-/m1/s1. The molecule has 3 aromatic rings. The molecular formula is C24H22F3N5O3. The predicted octanol–water partition coefficient (Wildman–Crippen LogP) is 4.12. The number of anilines is 2. The first kappa shape index (κ1) is 24.1. The van der Waals surface area contributed by atoms with E-state index in [1.165, 1.54) is 21.6 Å². The predicted molar refractivity (Wildman–Crippen MR) is 123 cm³/mol. The topological polar surface area (TPSA) is 111 Å². The zero-order valence-electron chi connectivity index (χ0n) is 19.0. The third kappa shape index (κ3) is 4.64. The molecule has 1 aliphatic heterocycles. The first-order valence-corrected chi connectivity index (χ1v) is 10.9. The van der Waals surface area contributed by atoms with E-state index >= 15 is 0 Å². The van der Waals surface area contributed by atoms with Gasteiger partial charge in [-0.15, -0.1) is 0 Å². The first-order chi connectivity index (χ1) is 16.5. The van der Waals surface area contributed by atoms with Crippen molar-refractivity contribution in [3.8, 4) is 6.07 Å². The summed E-state index contributed by atoms with van der Waals surface area (Å²) < 4.78 is 42.2. The van der Waals surface area contributed by atoms with E-state index in [0.717, 1.165) is 12.1 Å². The Kier molecular flexibility index (Phi) is 6.15. The highest BCUT2D eigenvalue weighted by atomic mass is 19.3. The number of halogens is 3. The lowest BCUT2D eigenvalue weighted by atomic mass is 10.0. The zero-order valence-corrected chi connectivity index (χ0v) is 19.0. The smallest absolute Gasteiger partial charge is 0.337 e. The molecule has 0 amide bonds. The van der Waals surface area contributed by atoms with E-state index < -0.39 is 42.2 Å². The molecule has 2 aromatic heterocycles. The Morgan fingerprint density at radius 1 is 1.29 bits per heavy atom. The molecule has 1 saturated heterocycles. The average Bonchev–Trinajstić information content (AvgIpc) is 2.80. The largest absolute Gasteiger partial charge is 0.478 e. The molecule has 1 aliphatic rings. The first-order valence-electron chi connectivity index (χ1n) is 10.9. The molecule has 182 valence electrons. The maximum Gasteiger partial charge on any atom is 0.337 e. The summed E-state index contributed by atoms with van der Waals surface area (Å²) >= 11 is 0. The molecule has 4 rings (SSSR count). The number of nitriles is 1. The lowest BCUT2D eigenvalue weighted by Gasteiger charge is -2.33. The molecule has 0 spiro atoms. The summed E-state index contributed by atoms with van der Waals surface area (Å²) in [4.78, 5) is 30.9. The number of alkyl halides is 2. The van der Waals surface area contributed by atoms with Crippen molar-refractivity contribution in [3.05, 3.63) is 68.9 Å². The van der Waals surface area contributed by atoms with Crippen molar-refractivity contribution < 1.29 is 23.1 Å². The van der Waals surface area contributed by atoms with Gasteiger partial charge in [-0.3, -0.25) is 9.20 Å². The van der Waals surface area contributed by atoms with E-state index in [0.29, 0.717) is 11.1 Å². The van der Waals surface area contributed by atoms with Crippen LogP contribution in [0.2, 0.25) is 0 Å². The maximum absolute atomic E-state index is 13.7. The number of nitrogens with zero attached hydrogens (tertiary/aromatic N) is 4. The minimum Gasteiger partial charge on any atom is -0.478 e. The summed E-state index contributed by atoms with van der Waals surface area (Å²) in [5.41, 5.74) is 0.423. The molecule has 0 bridgehead atoms. The van der Waals surface area contributed by atoms with Gasteiger partial charge < -0.3 is 15.3 Å². The van der Waals surface area contributed by atoms with Gasteiger partial charge in [0.1, 0.15) is 17.5 Å². The lowest BCUT2D eigenvalue weighted by Crippen LogP contribution is -2.41. The summed E-state index contributed by atoms with van der Waals surface area (Å²) in [6.45, 7) is 3.35. The van der Waals surface area contributed by atoms with Crippen molar-refractivity contribution >= 4 is 23.1 Å². The van der Waals surface area contributed by atoms with Gasteiger partial charge in [-0.1, -0.05) is 0 Å². The summed E-state index contributed by atoms with van der Waals surface area (Å²) in [6.07, 6.45) is 0.691. The number of fused-ring (bicyclic) bond motifs is 1. The van der Waals surface area contributed by atoms with E-state index in [1.54, 1.807) is 19.9 Å². The van der Waals surface area contributed by atoms with Gasteiger partial charge in [-0.25, -0.2) is 22.9 Å². The van der Waals surface area contributed by atoms with E-state index in [-0.39, 0.29) is 41.4 Å². The van der Waals surface area contributed by atoms with Crippen LogP contribution in [0.25, 0.3) is 5.65 Å². The number of pyridine rings is 1. The summed E-state index contributed by atoms with van der Waals surface area (Å²) in [7, 11) is 0. The van der Waals surface area contributed by atoms with E-state index in [4.69, 9.17) is 0 Å². The number of benzene rings is 1. The summed E-state index contributed by atoms with van der Waals surface area (Å²) in [5.74, 6) is -4.79. The van der Waals surface area contributed by atoms with E-state index in [1.807, 2.05) is 6.07 Å².